The van der Waals surface area contributed by atoms with E-state index in [2.05, 4.69) is 5.10 Å². The number of benzene rings is 1. The SMILES string of the molecule is N#Cc1cc(-c2cnn(CC(F)F)c2)cc(C(F)(F)F)c1. The van der Waals surface area contributed by atoms with E-state index in [9.17, 15) is 22.0 Å². The average Bonchev–Trinajstić information content (AvgIpc) is 2.84. The third-order valence-electron chi connectivity index (χ3n) is 2.68. The highest BCUT2D eigenvalue weighted by Crippen LogP contribution is 2.33. The number of alkyl halides is 5. The van der Waals surface area contributed by atoms with Crippen LogP contribution in [0.1, 0.15) is 11.1 Å². The number of hydrogen-bond acceptors (Lipinski definition) is 2. The fourth-order valence-electron chi connectivity index (χ4n) is 1.78. The molecule has 110 valence electrons. The zero-order valence-electron chi connectivity index (χ0n) is 10.4. The Hall–Kier alpha value is -2.43. The van der Waals surface area contributed by atoms with Crippen LogP contribution >= 0.6 is 0 Å². The van der Waals surface area contributed by atoms with E-state index in [1.807, 2.05) is 0 Å². The lowest BCUT2D eigenvalue weighted by atomic mass is 10.0. The van der Waals surface area contributed by atoms with Gasteiger partial charge in [-0.05, 0) is 23.8 Å². The Balaban J connectivity index is 2.44. The molecule has 0 saturated carbocycles. The molecule has 0 fully saturated rings. The molecule has 0 N–H and O–H groups in total. The highest BCUT2D eigenvalue weighted by molar-refractivity contribution is 5.65. The standard InChI is InChI=1S/C13H8F5N3/c14-12(15)7-21-6-10(5-20-21)9-1-8(4-19)2-11(3-9)13(16,17)18/h1-3,5-6,12H,7H2. The van der Waals surface area contributed by atoms with Crippen molar-refractivity contribution in [1.29, 1.82) is 5.26 Å². The maximum atomic E-state index is 12.7. The van der Waals surface area contributed by atoms with Crippen molar-refractivity contribution in [3.8, 4) is 17.2 Å². The maximum Gasteiger partial charge on any atom is 0.416 e. The molecule has 0 spiro atoms. The van der Waals surface area contributed by atoms with Gasteiger partial charge < -0.3 is 0 Å². The zero-order valence-corrected chi connectivity index (χ0v) is 10.4. The van der Waals surface area contributed by atoms with E-state index in [-0.39, 0.29) is 16.7 Å². The number of aromatic nitrogens is 2. The molecule has 0 bridgehead atoms. The fourth-order valence-corrected chi connectivity index (χ4v) is 1.78. The third-order valence-corrected chi connectivity index (χ3v) is 2.68. The molecule has 2 aromatic rings. The van der Waals surface area contributed by atoms with E-state index in [0.717, 1.165) is 16.8 Å². The van der Waals surface area contributed by atoms with Gasteiger partial charge in [0.05, 0.1) is 23.4 Å². The van der Waals surface area contributed by atoms with Gasteiger partial charge in [-0.25, -0.2) is 8.78 Å². The van der Waals surface area contributed by atoms with E-state index in [4.69, 9.17) is 5.26 Å². The molecule has 1 aromatic carbocycles. The van der Waals surface area contributed by atoms with Crippen LogP contribution in [0.2, 0.25) is 0 Å². The second kappa shape index (κ2) is 5.52. The minimum atomic E-state index is -4.60. The summed E-state index contributed by atoms with van der Waals surface area (Å²) in [6.07, 6.45) is -4.82. The molecule has 8 heteroatoms. The van der Waals surface area contributed by atoms with Crippen molar-refractivity contribution in [2.45, 2.75) is 19.1 Å². The van der Waals surface area contributed by atoms with Gasteiger partial charge in [0.15, 0.2) is 0 Å². The summed E-state index contributed by atoms with van der Waals surface area (Å²) in [7, 11) is 0. The van der Waals surface area contributed by atoms with Crippen LogP contribution in [0.25, 0.3) is 11.1 Å². The van der Waals surface area contributed by atoms with Crippen LogP contribution in [-0.2, 0) is 12.7 Å². The molecule has 0 amide bonds. The summed E-state index contributed by atoms with van der Waals surface area (Å²) >= 11 is 0. The number of rotatable bonds is 3. The lowest BCUT2D eigenvalue weighted by Gasteiger charge is -2.09. The van der Waals surface area contributed by atoms with Gasteiger partial charge in [-0.15, -0.1) is 0 Å². The predicted octanol–water partition coefficient (Wildman–Crippen LogP) is 3.71. The summed E-state index contributed by atoms with van der Waals surface area (Å²) in [5.41, 5.74) is -0.806. The van der Waals surface area contributed by atoms with Crippen molar-refractivity contribution in [2.75, 3.05) is 0 Å². The number of nitrogens with zero attached hydrogens (tertiary/aromatic N) is 3. The maximum absolute atomic E-state index is 12.7. The Morgan fingerprint density at radius 1 is 1.19 bits per heavy atom. The van der Waals surface area contributed by atoms with Crippen LogP contribution in [0.3, 0.4) is 0 Å². The van der Waals surface area contributed by atoms with Crippen molar-refractivity contribution in [2.24, 2.45) is 0 Å². The summed E-state index contributed by atoms with van der Waals surface area (Å²) in [6.45, 7) is -0.649. The topological polar surface area (TPSA) is 41.6 Å². The number of nitriles is 1. The Bertz CT molecular complexity index is 682. The van der Waals surface area contributed by atoms with Crippen LogP contribution in [0.4, 0.5) is 22.0 Å². The van der Waals surface area contributed by atoms with Crippen molar-refractivity contribution in [3.63, 3.8) is 0 Å². The molecule has 0 unspecified atom stereocenters. The largest absolute Gasteiger partial charge is 0.416 e. The first kappa shape index (κ1) is 15.0. The molecule has 1 aromatic heterocycles. The normalized spacial score (nSPS) is 11.7. The van der Waals surface area contributed by atoms with Crippen molar-refractivity contribution in [1.82, 2.24) is 9.78 Å². The second-order valence-electron chi connectivity index (χ2n) is 4.25. The molecule has 0 aliphatic carbocycles. The van der Waals surface area contributed by atoms with Gasteiger partial charge in [-0.2, -0.15) is 23.5 Å². The van der Waals surface area contributed by atoms with Crippen LogP contribution in [0, 0.1) is 11.3 Å². The lowest BCUT2D eigenvalue weighted by Crippen LogP contribution is -2.06. The zero-order chi connectivity index (χ0) is 15.6. The molecule has 0 atom stereocenters. The first-order valence-electron chi connectivity index (χ1n) is 5.73. The summed E-state index contributed by atoms with van der Waals surface area (Å²) in [5, 5.41) is 12.4. The lowest BCUT2D eigenvalue weighted by molar-refractivity contribution is -0.137. The number of hydrogen-bond donors (Lipinski definition) is 0. The van der Waals surface area contributed by atoms with Gasteiger partial charge in [-0.3, -0.25) is 4.68 Å². The molecule has 1 heterocycles. The molecule has 21 heavy (non-hydrogen) atoms. The molecule has 0 radical (unpaired) electrons. The fraction of sp³-hybridized carbons (Fsp3) is 0.231. The van der Waals surface area contributed by atoms with Gasteiger partial charge in [0.25, 0.3) is 6.43 Å². The Labute approximate surface area is 116 Å². The average molecular weight is 301 g/mol. The van der Waals surface area contributed by atoms with E-state index < -0.39 is 24.7 Å². The Morgan fingerprint density at radius 2 is 1.90 bits per heavy atom. The highest BCUT2D eigenvalue weighted by atomic mass is 19.4. The Kier molecular flexibility index (Phi) is 3.93. The summed E-state index contributed by atoms with van der Waals surface area (Å²) in [5.74, 6) is 0. The molecular formula is C13H8F5N3. The van der Waals surface area contributed by atoms with Gasteiger partial charge in [0.2, 0.25) is 0 Å². The highest BCUT2D eigenvalue weighted by Gasteiger charge is 2.31. The molecule has 0 saturated heterocycles. The van der Waals surface area contributed by atoms with Gasteiger partial charge >= 0.3 is 6.18 Å². The molecule has 0 aliphatic heterocycles. The second-order valence-corrected chi connectivity index (χ2v) is 4.25. The molecule has 0 aliphatic rings. The van der Waals surface area contributed by atoms with Crippen LogP contribution in [0.15, 0.2) is 30.6 Å². The smallest absolute Gasteiger partial charge is 0.266 e. The van der Waals surface area contributed by atoms with Gasteiger partial charge in [-0.1, -0.05) is 0 Å². The number of halogens is 5. The van der Waals surface area contributed by atoms with E-state index >= 15 is 0 Å². The molecular weight excluding hydrogens is 293 g/mol. The van der Waals surface area contributed by atoms with E-state index in [0.29, 0.717) is 0 Å². The van der Waals surface area contributed by atoms with Crippen LogP contribution < -0.4 is 0 Å². The van der Waals surface area contributed by atoms with Crippen LogP contribution in [0.5, 0.6) is 0 Å². The quantitative estimate of drug-likeness (QED) is 0.811. The van der Waals surface area contributed by atoms with Gasteiger partial charge in [0.1, 0.15) is 6.54 Å². The molecule has 3 nitrogen and oxygen atoms in total. The van der Waals surface area contributed by atoms with Crippen LogP contribution in [-0.4, -0.2) is 16.2 Å². The van der Waals surface area contributed by atoms with Crippen molar-refractivity contribution >= 4 is 0 Å². The van der Waals surface area contributed by atoms with E-state index in [1.54, 1.807) is 6.07 Å². The first-order valence-corrected chi connectivity index (χ1v) is 5.73. The van der Waals surface area contributed by atoms with Crippen molar-refractivity contribution in [3.05, 3.63) is 41.7 Å². The Morgan fingerprint density at radius 3 is 2.48 bits per heavy atom. The summed E-state index contributed by atoms with van der Waals surface area (Å²) in [4.78, 5) is 0. The molecule has 2 rings (SSSR count). The first-order chi connectivity index (χ1) is 9.79. The minimum Gasteiger partial charge on any atom is -0.266 e. The van der Waals surface area contributed by atoms with E-state index in [1.165, 1.54) is 18.5 Å². The minimum absolute atomic E-state index is 0.0990. The summed E-state index contributed by atoms with van der Waals surface area (Å²) in [6, 6.07) is 4.47. The third kappa shape index (κ3) is 3.56. The summed E-state index contributed by atoms with van der Waals surface area (Å²) < 4.78 is 63.6. The van der Waals surface area contributed by atoms with Crippen molar-refractivity contribution < 1.29 is 22.0 Å². The van der Waals surface area contributed by atoms with Gasteiger partial charge in [0, 0.05) is 11.8 Å². The monoisotopic (exact) mass is 301 g/mol. The predicted molar refractivity (Wildman–Crippen MR) is 63.4 cm³/mol.